The van der Waals surface area contributed by atoms with Crippen molar-refractivity contribution in [3.63, 3.8) is 0 Å². The molecule has 1 heterocycles. The number of sulfonamides is 1. The SMILES string of the molecule is CCNC(=NCc1cc2c(cc1OCC)CC(C)O2)NCCCNS(=O)(=O)CC.I. The van der Waals surface area contributed by atoms with Crippen LogP contribution in [-0.4, -0.2) is 52.5 Å². The second kappa shape index (κ2) is 13.2. The van der Waals surface area contributed by atoms with Crippen molar-refractivity contribution in [1.82, 2.24) is 15.4 Å². The Morgan fingerprint density at radius 2 is 2.00 bits per heavy atom. The van der Waals surface area contributed by atoms with Crippen molar-refractivity contribution < 1.29 is 17.9 Å². The van der Waals surface area contributed by atoms with Gasteiger partial charge in [-0.15, -0.1) is 24.0 Å². The quantitative estimate of drug-likeness (QED) is 0.168. The summed E-state index contributed by atoms with van der Waals surface area (Å²) in [4.78, 5) is 4.65. The lowest BCUT2D eigenvalue weighted by Gasteiger charge is -2.14. The fourth-order valence-electron chi connectivity index (χ4n) is 3.03. The molecule has 1 unspecified atom stereocenters. The molecule has 0 aliphatic carbocycles. The van der Waals surface area contributed by atoms with E-state index in [9.17, 15) is 8.42 Å². The zero-order valence-corrected chi connectivity index (χ0v) is 21.4. The average molecular weight is 554 g/mol. The summed E-state index contributed by atoms with van der Waals surface area (Å²) < 4.78 is 37.2. The summed E-state index contributed by atoms with van der Waals surface area (Å²) >= 11 is 0. The van der Waals surface area contributed by atoms with Crippen molar-refractivity contribution in [2.75, 3.05) is 32.0 Å². The maximum absolute atomic E-state index is 11.5. The number of hydrogen-bond acceptors (Lipinski definition) is 5. The lowest BCUT2D eigenvalue weighted by molar-refractivity contribution is 0.254. The number of nitrogens with zero attached hydrogens (tertiary/aromatic N) is 1. The smallest absolute Gasteiger partial charge is 0.211 e. The predicted octanol–water partition coefficient (Wildman–Crippen LogP) is 2.41. The van der Waals surface area contributed by atoms with Crippen LogP contribution in [0.25, 0.3) is 0 Å². The molecule has 10 heteroatoms. The Hall–Kier alpha value is -1.27. The van der Waals surface area contributed by atoms with Crippen LogP contribution in [0.4, 0.5) is 0 Å². The summed E-state index contributed by atoms with van der Waals surface area (Å²) in [6, 6.07) is 4.09. The molecule has 3 N–H and O–H groups in total. The largest absolute Gasteiger partial charge is 0.494 e. The normalized spacial score (nSPS) is 15.7. The first kappa shape index (κ1) is 26.8. The molecular weight excluding hydrogens is 519 g/mol. The van der Waals surface area contributed by atoms with Crippen LogP contribution in [0.2, 0.25) is 0 Å². The average Bonchev–Trinajstić information content (AvgIpc) is 3.04. The van der Waals surface area contributed by atoms with Gasteiger partial charge in [-0.1, -0.05) is 0 Å². The van der Waals surface area contributed by atoms with E-state index in [2.05, 4.69) is 33.3 Å². The van der Waals surface area contributed by atoms with Crippen molar-refractivity contribution in [3.05, 3.63) is 23.3 Å². The minimum atomic E-state index is -3.15. The van der Waals surface area contributed by atoms with Gasteiger partial charge in [-0.25, -0.2) is 18.1 Å². The molecule has 1 atom stereocenters. The number of halogens is 1. The Bertz CT molecular complexity index is 802. The van der Waals surface area contributed by atoms with E-state index in [0.29, 0.717) is 38.6 Å². The van der Waals surface area contributed by atoms with Crippen LogP contribution in [0, 0.1) is 0 Å². The number of nitrogens with one attached hydrogen (secondary N) is 3. The topological polar surface area (TPSA) is 101 Å². The van der Waals surface area contributed by atoms with Crippen LogP contribution in [-0.2, 0) is 23.0 Å². The molecule has 1 aliphatic rings. The summed E-state index contributed by atoms with van der Waals surface area (Å²) in [5.41, 5.74) is 2.15. The predicted molar refractivity (Wildman–Crippen MR) is 132 cm³/mol. The van der Waals surface area contributed by atoms with Gasteiger partial charge in [0.15, 0.2) is 5.96 Å². The van der Waals surface area contributed by atoms with E-state index in [1.807, 2.05) is 19.9 Å². The summed E-state index contributed by atoms with van der Waals surface area (Å²) in [5.74, 6) is 2.53. The highest BCUT2D eigenvalue weighted by Crippen LogP contribution is 2.35. The summed E-state index contributed by atoms with van der Waals surface area (Å²) in [6.45, 7) is 10.5. The zero-order chi connectivity index (χ0) is 21.3. The molecular formula is C20H35IN4O4S. The molecule has 0 amide bonds. The van der Waals surface area contributed by atoms with E-state index >= 15 is 0 Å². The van der Waals surface area contributed by atoms with Crippen molar-refractivity contribution in [2.24, 2.45) is 4.99 Å². The van der Waals surface area contributed by atoms with Gasteiger partial charge < -0.3 is 20.1 Å². The maximum atomic E-state index is 11.5. The minimum absolute atomic E-state index is 0. The summed E-state index contributed by atoms with van der Waals surface area (Å²) in [6.07, 6.45) is 1.74. The monoisotopic (exact) mass is 554 g/mol. The van der Waals surface area contributed by atoms with Gasteiger partial charge in [0.1, 0.15) is 17.6 Å². The Balaban J connectivity index is 0.00000450. The van der Waals surface area contributed by atoms with Gasteiger partial charge in [0.05, 0.1) is 18.9 Å². The van der Waals surface area contributed by atoms with Gasteiger partial charge in [-0.2, -0.15) is 0 Å². The summed E-state index contributed by atoms with van der Waals surface area (Å²) in [7, 11) is -3.15. The van der Waals surface area contributed by atoms with E-state index in [1.54, 1.807) is 6.92 Å². The number of aliphatic imine (C=N–C) groups is 1. The van der Waals surface area contributed by atoms with E-state index in [0.717, 1.165) is 30.0 Å². The standard InChI is InChI=1S/C20H34N4O4S.HI/c1-5-21-20(22-9-8-10-24-29(25,26)7-3)23-14-17-13-19-16(11-15(4)28-19)12-18(17)27-6-2;/h12-13,15,24H,5-11,14H2,1-4H3,(H2,21,22,23);1H. The van der Waals surface area contributed by atoms with Gasteiger partial charge in [-0.05, 0) is 46.2 Å². The molecule has 172 valence electrons. The van der Waals surface area contributed by atoms with Crippen molar-refractivity contribution in [2.45, 2.75) is 53.2 Å². The molecule has 1 aromatic rings. The lowest BCUT2D eigenvalue weighted by atomic mass is 10.1. The molecule has 1 aromatic carbocycles. The van der Waals surface area contributed by atoms with Crippen LogP contribution in [0.5, 0.6) is 11.5 Å². The molecule has 0 radical (unpaired) electrons. The molecule has 0 aromatic heterocycles. The van der Waals surface area contributed by atoms with Crippen LogP contribution in [0.15, 0.2) is 17.1 Å². The van der Waals surface area contributed by atoms with E-state index < -0.39 is 10.0 Å². The molecule has 0 fully saturated rings. The number of rotatable bonds is 11. The van der Waals surface area contributed by atoms with Gasteiger partial charge in [0.2, 0.25) is 10.0 Å². The molecule has 2 rings (SSSR count). The number of hydrogen-bond donors (Lipinski definition) is 3. The molecule has 0 bridgehead atoms. The first-order chi connectivity index (χ1) is 13.9. The third kappa shape index (κ3) is 8.46. The fourth-order valence-corrected chi connectivity index (χ4v) is 3.69. The third-order valence-electron chi connectivity index (χ3n) is 4.48. The van der Waals surface area contributed by atoms with E-state index in [1.165, 1.54) is 5.56 Å². The molecule has 0 saturated carbocycles. The van der Waals surface area contributed by atoms with Crippen molar-refractivity contribution in [1.29, 1.82) is 0 Å². The van der Waals surface area contributed by atoms with E-state index in [-0.39, 0.29) is 35.8 Å². The number of benzene rings is 1. The first-order valence-corrected chi connectivity index (χ1v) is 12.0. The Morgan fingerprint density at radius 3 is 2.67 bits per heavy atom. The molecule has 0 spiro atoms. The van der Waals surface area contributed by atoms with Crippen molar-refractivity contribution in [3.8, 4) is 11.5 Å². The lowest BCUT2D eigenvalue weighted by Crippen LogP contribution is -2.38. The highest BCUT2D eigenvalue weighted by Gasteiger charge is 2.21. The Labute approximate surface area is 197 Å². The van der Waals surface area contributed by atoms with Gasteiger partial charge in [0.25, 0.3) is 0 Å². The third-order valence-corrected chi connectivity index (χ3v) is 5.88. The fraction of sp³-hybridized carbons (Fsp3) is 0.650. The molecule has 1 aliphatic heterocycles. The van der Waals surface area contributed by atoms with Gasteiger partial charge in [-0.3, -0.25) is 0 Å². The van der Waals surface area contributed by atoms with Crippen molar-refractivity contribution >= 4 is 40.0 Å². The number of ether oxygens (including phenoxy) is 2. The van der Waals surface area contributed by atoms with Gasteiger partial charge in [0, 0.05) is 37.2 Å². The maximum Gasteiger partial charge on any atom is 0.211 e. The molecule has 0 saturated heterocycles. The van der Waals surface area contributed by atoms with Crippen LogP contribution >= 0.6 is 24.0 Å². The van der Waals surface area contributed by atoms with Crippen LogP contribution < -0.4 is 24.8 Å². The first-order valence-electron chi connectivity index (χ1n) is 10.3. The van der Waals surface area contributed by atoms with Gasteiger partial charge >= 0.3 is 0 Å². The Kier molecular flexibility index (Phi) is 11.8. The molecule has 8 nitrogen and oxygen atoms in total. The second-order valence-corrected chi connectivity index (χ2v) is 9.00. The second-order valence-electron chi connectivity index (χ2n) is 6.91. The number of fused-ring (bicyclic) bond motifs is 1. The number of guanidine groups is 1. The highest BCUT2D eigenvalue weighted by atomic mass is 127. The van der Waals surface area contributed by atoms with Crippen LogP contribution in [0.3, 0.4) is 0 Å². The minimum Gasteiger partial charge on any atom is -0.494 e. The highest BCUT2D eigenvalue weighted by molar-refractivity contribution is 14.0. The van der Waals surface area contributed by atoms with Crippen LogP contribution in [0.1, 0.15) is 45.2 Å². The molecule has 30 heavy (non-hydrogen) atoms. The Morgan fingerprint density at radius 1 is 1.23 bits per heavy atom. The van der Waals surface area contributed by atoms with E-state index in [4.69, 9.17) is 9.47 Å². The summed E-state index contributed by atoms with van der Waals surface area (Å²) in [5, 5.41) is 6.45. The zero-order valence-electron chi connectivity index (χ0n) is 18.3.